The Morgan fingerprint density at radius 2 is 2.00 bits per heavy atom. The zero-order chi connectivity index (χ0) is 14.4. The molecule has 0 fully saturated rings. The van der Waals surface area contributed by atoms with Gasteiger partial charge in [0.25, 0.3) is 0 Å². The van der Waals surface area contributed by atoms with Crippen molar-refractivity contribution in [2.45, 2.75) is 0 Å². The lowest BCUT2D eigenvalue weighted by atomic mass is 10.2. The summed E-state index contributed by atoms with van der Waals surface area (Å²) in [5, 5.41) is 9.00. The molecule has 0 atom stereocenters. The number of oxazole rings is 1. The molecule has 21 heavy (non-hydrogen) atoms. The molecule has 0 saturated carbocycles. The second-order valence-electron chi connectivity index (χ2n) is 4.59. The lowest BCUT2D eigenvalue weighted by Crippen LogP contribution is -1.94. The van der Waals surface area contributed by atoms with Gasteiger partial charge in [0.2, 0.25) is 0 Å². The summed E-state index contributed by atoms with van der Waals surface area (Å²) in [6, 6.07) is 12.6. The van der Waals surface area contributed by atoms with Crippen molar-refractivity contribution in [2.24, 2.45) is 0 Å². The summed E-state index contributed by atoms with van der Waals surface area (Å²) in [7, 11) is 0. The summed E-state index contributed by atoms with van der Waals surface area (Å²) in [4.78, 5) is 19.6. The highest BCUT2D eigenvalue weighted by molar-refractivity contribution is 5.92. The maximum Gasteiger partial charge on any atom is 0.335 e. The maximum atomic E-state index is 11.0. The molecule has 2 heterocycles. The number of para-hydroxylation sites is 2. The number of nitrogens with zero attached hydrogens (tertiary/aromatic N) is 3. The van der Waals surface area contributed by atoms with E-state index in [1.54, 1.807) is 17.0 Å². The second-order valence-corrected chi connectivity index (χ2v) is 4.59. The Morgan fingerprint density at radius 3 is 2.86 bits per heavy atom. The van der Waals surface area contributed by atoms with Crippen molar-refractivity contribution >= 4 is 28.1 Å². The van der Waals surface area contributed by atoms with Crippen LogP contribution in [0.1, 0.15) is 10.4 Å². The number of benzene rings is 2. The molecule has 0 amide bonds. The van der Waals surface area contributed by atoms with Crippen molar-refractivity contribution in [1.82, 2.24) is 14.5 Å². The molecule has 6 heteroatoms. The van der Waals surface area contributed by atoms with E-state index in [2.05, 4.69) is 9.97 Å². The van der Waals surface area contributed by atoms with Gasteiger partial charge >= 0.3 is 12.0 Å². The van der Waals surface area contributed by atoms with Gasteiger partial charge in [0.05, 0.1) is 16.6 Å². The summed E-state index contributed by atoms with van der Waals surface area (Å²) in [6.45, 7) is 0. The van der Waals surface area contributed by atoms with E-state index in [1.807, 2.05) is 24.3 Å². The topological polar surface area (TPSA) is 81.1 Å². The molecule has 0 unspecified atom stereocenters. The smallest absolute Gasteiger partial charge is 0.335 e. The molecule has 0 saturated heterocycles. The number of imidazole rings is 1. The highest BCUT2D eigenvalue weighted by atomic mass is 16.4. The second kappa shape index (κ2) is 4.17. The van der Waals surface area contributed by atoms with E-state index in [9.17, 15) is 4.79 Å². The van der Waals surface area contributed by atoms with Gasteiger partial charge < -0.3 is 9.52 Å². The molecule has 2 aromatic heterocycles. The van der Waals surface area contributed by atoms with E-state index in [-0.39, 0.29) is 5.56 Å². The van der Waals surface area contributed by atoms with Gasteiger partial charge in [-0.15, -0.1) is 0 Å². The summed E-state index contributed by atoms with van der Waals surface area (Å²) < 4.78 is 7.39. The first-order valence-electron chi connectivity index (χ1n) is 6.29. The summed E-state index contributed by atoms with van der Waals surface area (Å²) in [6.07, 6.45) is 1.63. The normalized spacial score (nSPS) is 11.2. The summed E-state index contributed by atoms with van der Waals surface area (Å²) in [5.41, 5.74) is 2.92. The van der Waals surface area contributed by atoms with Crippen LogP contribution >= 0.6 is 0 Å². The zero-order valence-corrected chi connectivity index (χ0v) is 10.7. The first-order valence-corrected chi connectivity index (χ1v) is 6.29. The molecule has 0 aliphatic heterocycles. The molecule has 0 bridgehead atoms. The van der Waals surface area contributed by atoms with E-state index in [0.29, 0.717) is 17.1 Å². The molecule has 1 N–H and O–H groups in total. The fourth-order valence-corrected chi connectivity index (χ4v) is 2.26. The van der Waals surface area contributed by atoms with Crippen LogP contribution in [0.25, 0.3) is 28.1 Å². The quantitative estimate of drug-likeness (QED) is 0.610. The van der Waals surface area contributed by atoms with Gasteiger partial charge in [-0.2, -0.15) is 4.98 Å². The van der Waals surface area contributed by atoms with Crippen molar-refractivity contribution in [2.75, 3.05) is 0 Å². The molecule has 0 aliphatic carbocycles. The number of carbonyl (C=O) groups is 1. The number of carboxylic acid groups (broad SMARTS) is 1. The van der Waals surface area contributed by atoms with Crippen LogP contribution in [0.4, 0.5) is 0 Å². The van der Waals surface area contributed by atoms with Gasteiger partial charge in [-0.25, -0.2) is 9.78 Å². The fourth-order valence-electron chi connectivity index (χ4n) is 2.26. The van der Waals surface area contributed by atoms with Crippen LogP contribution in [0.15, 0.2) is 53.2 Å². The predicted octanol–water partition coefficient (Wildman–Crippen LogP) is 2.86. The van der Waals surface area contributed by atoms with Crippen LogP contribution in [-0.4, -0.2) is 25.6 Å². The van der Waals surface area contributed by atoms with Crippen LogP contribution < -0.4 is 0 Å². The van der Waals surface area contributed by atoms with Gasteiger partial charge in [0, 0.05) is 0 Å². The molecule has 6 nitrogen and oxygen atoms in total. The minimum Gasteiger partial charge on any atom is -0.478 e. The Bertz CT molecular complexity index is 984. The Hall–Kier alpha value is -3.15. The molecule has 2 aromatic carbocycles. The number of carboxylic acids is 1. The number of fused-ring (bicyclic) bond motifs is 2. The first kappa shape index (κ1) is 11.7. The third kappa shape index (κ3) is 1.77. The van der Waals surface area contributed by atoms with Gasteiger partial charge in [-0.1, -0.05) is 12.1 Å². The zero-order valence-electron chi connectivity index (χ0n) is 10.7. The lowest BCUT2D eigenvalue weighted by Gasteiger charge is -1.96. The van der Waals surface area contributed by atoms with Gasteiger partial charge in [-0.3, -0.25) is 4.57 Å². The molecule has 4 rings (SSSR count). The SMILES string of the molecule is O=C(O)c1ccc2nc(-n3cnc4ccccc43)oc2c1. The van der Waals surface area contributed by atoms with Crippen molar-refractivity contribution in [1.29, 1.82) is 0 Å². The van der Waals surface area contributed by atoms with E-state index >= 15 is 0 Å². The number of aromatic nitrogens is 3. The maximum absolute atomic E-state index is 11.0. The molecular formula is C15H9N3O3. The Balaban J connectivity index is 1.92. The molecular weight excluding hydrogens is 270 g/mol. The van der Waals surface area contributed by atoms with Gasteiger partial charge in [0.1, 0.15) is 11.8 Å². The van der Waals surface area contributed by atoms with Crippen LogP contribution in [-0.2, 0) is 0 Å². The largest absolute Gasteiger partial charge is 0.478 e. The standard InChI is InChI=1S/C15H9N3O3/c19-14(20)9-5-6-11-13(7-9)21-15(17-11)18-8-16-10-3-1-2-4-12(10)18/h1-8H,(H,19,20). The Morgan fingerprint density at radius 1 is 1.14 bits per heavy atom. The summed E-state index contributed by atoms with van der Waals surface area (Å²) >= 11 is 0. The summed E-state index contributed by atoms with van der Waals surface area (Å²) in [5.74, 6) is -0.997. The van der Waals surface area contributed by atoms with Crippen molar-refractivity contribution < 1.29 is 14.3 Å². The van der Waals surface area contributed by atoms with Gasteiger partial charge in [0.15, 0.2) is 5.58 Å². The number of hydrogen-bond donors (Lipinski definition) is 1. The number of hydrogen-bond acceptors (Lipinski definition) is 4. The first-order chi connectivity index (χ1) is 10.2. The van der Waals surface area contributed by atoms with E-state index in [1.165, 1.54) is 12.1 Å². The van der Waals surface area contributed by atoms with Crippen LogP contribution in [0.3, 0.4) is 0 Å². The predicted molar refractivity (Wildman–Crippen MR) is 75.6 cm³/mol. The van der Waals surface area contributed by atoms with Crippen molar-refractivity contribution in [3.8, 4) is 6.01 Å². The molecule has 4 aromatic rings. The molecule has 0 aliphatic rings. The average Bonchev–Trinajstić information content (AvgIpc) is 3.09. The molecule has 0 radical (unpaired) electrons. The van der Waals surface area contributed by atoms with Crippen LogP contribution in [0, 0.1) is 0 Å². The van der Waals surface area contributed by atoms with Crippen molar-refractivity contribution in [3.05, 3.63) is 54.4 Å². The highest BCUT2D eigenvalue weighted by Gasteiger charge is 2.13. The third-order valence-corrected chi connectivity index (χ3v) is 3.28. The fraction of sp³-hybridized carbons (Fsp3) is 0. The lowest BCUT2D eigenvalue weighted by molar-refractivity contribution is 0.0697. The Labute approximate surface area is 118 Å². The minimum absolute atomic E-state index is 0.167. The molecule has 0 spiro atoms. The van der Waals surface area contributed by atoms with Crippen molar-refractivity contribution in [3.63, 3.8) is 0 Å². The highest BCUT2D eigenvalue weighted by Crippen LogP contribution is 2.22. The van der Waals surface area contributed by atoms with E-state index < -0.39 is 5.97 Å². The van der Waals surface area contributed by atoms with E-state index in [4.69, 9.17) is 9.52 Å². The van der Waals surface area contributed by atoms with Crippen LogP contribution in [0.2, 0.25) is 0 Å². The minimum atomic E-state index is -0.997. The van der Waals surface area contributed by atoms with Crippen LogP contribution in [0.5, 0.6) is 0 Å². The molecule has 102 valence electrons. The van der Waals surface area contributed by atoms with E-state index in [0.717, 1.165) is 11.0 Å². The Kier molecular flexibility index (Phi) is 2.32. The third-order valence-electron chi connectivity index (χ3n) is 3.28. The number of rotatable bonds is 2. The van der Waals surface area contributed by atoms with Gasteiger partial charge in [-0.05, 0) is 30.3 Å². The number of aromatic carboxylic acids is 1. The average molecular weight is 279 g/mol. The monoisotopic (exact) mass is 279 g/mol.